The Morgan fingerprint density at radius 1 is 0.702 bits per heavy atom. The number of nitrogens with zero attached hydrogens (tertiary/aromatic N) is 4. The first-order chi connectivity index (χ1) is 22.5. The molecule has 47 heavy (non-hydrogen) atoms. The number of alkyl halides is 2. The Bertz CT molecular complexity index is 1710. The number of benzene rings is 2. The summed E-state index contributed by atoms with van der Waals surface area (Å²) in [6.45, 7) is -0.530. The summed E-state index contributed by atoms with van der Waals surface area (Å²) in [6.07, 6.45) is 8.43. The van der Waals surface area contributed by atoms with Crippen LogP contribution in [-0.2, 0) is 28.5 Å². The number of carbonyl (C=O) groups excluding carboxylic acids is 3. The van der Waals surface area contributed by atoms with Crippen molar-refractivity contribution in [1.29, 1.82) is 0 Å². The summed E-state index contributed by atoms with van der Waals surface area (Å²) >= 11 is 11.9. The molecule has 2 saturated carbocycles. The van der Waals surface area contributed by atoms with Crippen LogP contribution in [-0.4, -0.2) is 56.9 Å². The number of hydrogen-bond acceptors (Lipinski definition) is 8. The zero-order valence-electron chi connectivity index (χ0n) is 25.3. The Hall–Kier alpha value is -4.19. The lowest BCUT2D eigenvalue weighted by Gasteiger charge is -2.15. The first-order valence-corrected chi connectivity index (χ1v) is 15.7. The van der Waals surface area contributed by atoms with Crippen LogP contribution in [0.4, 0.5) is 8.78 Å². The average Bonchev–Trinajstić information content (AvgIpc) is 4.02. The van der Waals surface area contributed by atoms with E-state index in [-0.39, 0.29) is 28.7 Å². The Balaban J connectivity index is 0.000000189. The van der Waals surface area contributed by atoms with Gasteiger partial charge in [0.15, 0.2) is 11.6 Å². The fraction of sp³-hybridized carbons (Fsp3) is 0.324. The van der Waals surface area contributed by atoms with Crippen molar-refractivity contribution in [3.63, 3.8) is 0 Å². The zero-order valence-corrected chi connectivity index (χ0v) is 26.8. The molecule has 0 radical (unpaired) electrons. The molecule has 3 N–H and O–H groups in total. The molecular formula is C34H32Cl2F2N6O3. The molecule has 0 aliphatic heterocycles. The SMILES string of the molecule is NCC(=O)c1cnc(CC2(c3ccc(Cl)cc3)CC2)nc1.O=C(CNC(=O)C(F)F)c1cnc(CC2(c3ccc(Cl)cc3)CC2)nc1. The van der Waals surface area contributed by atoms with E-state index in [0.717, 1.165) is 43.0 Å². The van der Waals surface area contributed by atoms with Gasteiger partial charge in [0.25, 0.3) is 5.91 Å². The minimum atomic E-state index is -3.15. The number of nitrogens with one attached hydrogen (secondary N) is 1. The number of amides is 1. The fourth-order valence-electron chi connectivity index (χ4n) is 5.29. The van der Waals surface area contributed by atoms with Crippen molar-refractivity contribution in [3.05, 3.63) is 117 Å². The van der Waals surface area contributed by atoms with Crippen molar-refractivity contribution in [2.24, 2.45) is 5.73 Å². The lowest BCUT2D eigenvalue weighted by Crippen LogP contribution is -2.34. The predicted octanol–water partition coefficient (Wildman–Crippen LogP) is 5.51. The Kier molecular flexibility index (Phi) is 10.7. The molecule has 2 aromatic carbocycles. The number of carbonyl (C=O) groups is 3. The summed E-state index contributed by atoms with van der Waals surface area (Å²) in [6, 6.07) is 15.7. The van der Waals surface area contributed by atoms with Crippen LogP contribution in [0.3, 0.4) is 0 Å². The van der Waals surface area contributed by atoms with Gasteiger partial charge >= 0.3 is 6.43 Å². The quantitative estimate of drug-likeness (QED) is 0.187. The van der Waals surface area contributed by atoms with Crippen LogP contribution >= 0.6 is 23.2 Å². The number of hydrogen-bond donors (Lipinski definition) is 2. The smallest absolute Gasteiger partial charge is 0.315 e. The van der Waals surface area contributed by atoms with E-state index in [1.165, 1.54) is 23.5 Å². The highest BCUT2D eigenvalue weighted by Gasteiger charge is 2.45. The molecule has 244 valence electrons. The molecule has 0 atom stereocenters. The molecule has 2 aliphatic rings. The van der Waals surface area contributed by atoms with E-state index in [9.17, 15) is 23.2 Å². The average molecular weight is 682 g/mol. The van der Waals surface area contributed by atoms with Crippen LogP contribution in [0.25, 0.3) is 0 Å². The van der Waals surface area contributed by atoms with E-state index in [2.05, 4.69) is 32.1 Å². The van der Waals surface area contributed by atoms with Crippen LogP contribution < -0.4 is 11.1 Å². The Morgan fingerprint density at radius 2 is 1.09 bits per heavy atom. The van der Waals surface area contributed by atoms with Crippen molar-refractivity contribution < 1.29 is 23.2 Å². The molecule has 2 aromatic heterocycles. The molecule has 0 unspecified atom stereocenters. The largest absolute Gasteiger partial charge is 0.344 e. The van der Waals surface area contributed by atoms with Gasteiger partial charge in [0.1, 0.15) is 11.6 Å². The van der Waals surface area contributed by atoms with Crippen molar-refractivity contribution in [2.75, 3.05) is 13.1 Å². The van der Waals surface area contributed by atoms with Gasteiger partial charge in [-0.1, -0.05) is 47.5 Å². The molecule has 1 amide bonds. The highest BCUT2D eigenvalue weighted by Crippen LogP contribution is 2.51. The van der Waals surface area contributed by atoms with Crippen LogP contribution in [0.15, 0.2) is 73.3 Å². The highest BCUT2D eigenvalue weighted by atomic mass is 35.5. The van der Waals surface area contributed by atoms with Crippen LogP contribution in [0.5, 0.6) is 0 Å². The monoisotopic (exact) mass is 680 g/mol. The van der Waals surface area contributed by atoms with Crippen LogP contribution in [0.2, 0.25) is 10.0 Å². The Morgan fingerprint density at radius 3 is 1.43 bits per heavy atom. The minimum absolute atomic E-state index is 0.00134. The third-order valence-electron chi connectivity index (χ3n) is 8.47. The van der Waals surface area contributed by atoms with E-state index < -0.39 is 24.7 Å². The molecular weight excluding hydrogens is 649 g/mol. The maximum atomic E-state index is 12.1. The van der Waals surface area contributed by atoms with Gasteiger partial charge in [-0.25, -0.2) is 19.9 Å². The van der Waals surface area contributed by atoms with Gasteiger partial charge in [0, 0.05) is 58.5 Å². The Labute approximate surface area is 280 Å². The maximum Gasteiger partial charge on any atom is 0.315 e. The van der Waals surface area contributed by atoms with E-state index in [1.54, 1.807) is 12.4 Å². The van der Waals surface area contributed by atoms with E-state index >= 15 is 0 Å². The second kappa shape index (κ2) is 14.7. The number of ketones is 2. The molecule has 2 heterocycles. The third kappa shape index (κ3) is 8.79. The molecule has 2 aliphatic carbocycles. The second-order valence-electron chi connectivity index (χ2n) is 11.8. The predicted molar refractivity (Wildman–Crippen MR) is 173 cm³/mol. The van der Waals surface area contributed by atoms with Gasteiger partial charge in [-0.05, 0) is 61.1 Å². The number of Topliss-reactive ketones (excluding diaryl/α,β-unsaturated/α-hetero) is 2. The maximum absolute atomic E-state index is 12.1. The summed E-state index contributed by atoms with van der Waals surface area (Å²) in [5.41, 5.74) is 8.55. The van der Waals surface area contributed by atoms with Gasteiger partial charge in [-0.15, -0.1) is 0 Å². The normalized spacial score (nSPS) is 15.3. The summed E-state index contributed by atoms with van der Waals surface area (Å²) in [4.78, 5) is 51.2. The van der Waals surface area contributed by atoms with Gasteiger partial charge in [-0.2, -0.15) is 8.78 Å². The zero-order chi connectivity index (χ0) is 33.6. The fourth-order valence-corrected chi connectivity index (χ4v) is 5.55. The molecule has 0 bridgehead atoms. The van der Waals surface area contributed by atoms with Gasteiger partial charge < -0.3 is 11.1 Å². The molecule has 6 rings (SSSR count). The second-order valence-corrected chi connectivity index (χ2v) is 12.6. The molecule has 9 nitrogen and oxygen atoms in total. The first kappa shape index (κ1) is 34.2. The molecule has 2 fully saturated rings. The number of halogens is 4. The van der Waals surface area contributed by atoms with Crippen molar-refractivity contribution >= 4 is 40.7 Å². The molecule has 13 heteroatoms. The standard InChI is InChI=1S/C18H16ClF2N3O2.C16H16ClN3O/c19-13-3-1-12(2-4-13)18(5-6-18)7-15-22-8-11(9-23-15)14(25)10-24-17(26)16(20)21;17-13-3-1-12(2-4-13)16(5-6-16)7-15-19-9-11(10-20-15)14(21)8-18/h1-4,8-9,16H,5-7,10H2,(H,24,26);1-4,9-10H,5-8,18H2. The summed E-state index contributed by atoms with van der Waals surface area (Å²) in [7, 11) is 0. The van der Waals surface area contributed by atoms with E-state index in [1.807, 2.05) is 41.7 Å². The van der Waals surface area contributed by atoms with Crippen molar-refractivity contribution in [2.45, 2.75) is 55.8 Å². The topological polar surface area (TPSA) is 141 Å². The van der Waals surface area contributed by atoms with E-state index in [0.29, 0.717) is 22.8 Å². The number of nitrogens with two attached hydrogens (primary N) is 1. The van der Waals surface area contributed by atoms with Gasteiger partial charge in [0.05, 0.1) is 24.2 Å². The van der Waals surface area contributed by atoms with Crippen molar-refractivity contribution in [1.82, 2.24) is 25.3 Å². The molecule has 4 aromatic rings. The van der Waals surface area contributed by atoms with Gasteiger partial charge in [0.2, 0.25) is 0 Å². The van der Waals surface area contributed by atoms with Gasteiger partial charge in [-0.3, -0.25) is 14.4 Å². The lowest BCUT2D eigenvalue weighted by molar-refractivity contribution is -0.131. The number of rotatable bonds is 12. The lowest BCUT2D eigenvalue weighted by atomic mass is 9.92. The van der Waals surface area contributed by atoms with Crippen LogP contribution in [0.1, 0.15) is 69.2 Å². The summed E-state index contributed by atoms with van der Waals surface area (Å²) in [5, 5.41) is 3.29. The van der Waals surface area contributed by atoms with Crippen molar-refractivity contribution in [3.8, 4) is 0 Å². The minimum Gasteiger partial charge on any atom is -0.344 e. The number of aromatic nitrogens is 4. The van der Waals surface area contributed by atoms with E-state index in [4.69, 9.17) is 28.9 Å². The first-order valence-electron chi connectivity index (χ1n) is 15.0. The molecule has 0 saturated heterocycles. The summed E-state index contributed by atoms with van der Waals surface area (Å²) in [5.74, 6) is -0.777. The van der Waals surface area contributed by atoms with Crippen LogP contribution in [0, 0.1) is 0 Å². The highest BCUT2D eigenvalue weighted by molar-refractivity contribution is 6.30. The third-order valence-corrected chi connectivity index (χ3v) is 8.98. The molecule has 0 spiro atoms. The summed E-state index contributed by atoms with van der Waals surface area (Å²) < 4.78 is 24.2.